The monoisotopic (exact) mass is 279 g/mol. The number of rotatable bonds is 3. The molecule has 0 aliphatic carbocycles. The SMILES string of the molecule is CC(=O)C(C)C1c2ccccc2CCN1c1ccccc1. The number of Topliss-reactive ketones (excluding diaryl/α,β-unsaturated/α-hetero) is 1. The van der Waals surface area contributed by atoms with Gasteiger partial charge in [-0.2, -0.15) is 0 Å². The molecule has 0 N–H and O–H groups in total. The van der Waals surface area contributed by atoms with Crippen LogP contribution in [0.5, 0.6) is 0 Å². The Hall–Kier alpha value is -2.09. The van der Waals surface area contributed by atoms with E-state index in [4.69, 9.17) is 0 Å². The first-order chi connectivity index (χ1) is 10.2. The van der Waals surface area contributed by atoms with Gasteiger partial charge >= 0.3 is 0 Å². The first kappa shape index (κ1) is 13.9. The number of para-hydroxylation sites is 1. The highest BCUT2D eigenvalue weighted by atomic mass is 16.1. The third kappa shape index (κ3) is 2.58. The fraction of sp³-hybridized carbons (Fsp3) is 0.316. The van der Waals surface area contributed by atoms with Crippen LogP contribution in [0.1, 0.15) is 31.0 Å². The van der Waals surface area contributed by atoms with Crippen LogP contribution in [0.3, 0.4) is 0 Å². The molecule has 0 saturated heterocycles. The minimum atomic E-state index is -0.00773. The smallest absolute Gasteiger partial charge is 0.135 e. The van der Waals surface area contributed by atoms with Gasteiger partial charge in [0.15, 0.2) is 0 Å². The van der Waals surface area contributed by atoms with Crippen LogP contribution in [0.15, 0.2) is 54.6 Å². The summed E-state index contributed by atoms with van der Waals surface area (Å²) in [5, 5.41) is 0. The van der Waals surface area contributed by atoms with Crippen LogP contribution in [-0.4, -0.2) is 12.3 Å². The second-order valence-electron chi connectivity index (χ2n) is 5.82. The summed E-state index contributed by atoms with van der Waals surface area (Å²) in [5.74, 6) is 0.240. The molecule has 0 aromatic heterocycles. The summed E-state index contributed by atoms with van der Waals surface area (Å²) < 4.78 is 0. The third-order valence-electron chi connectivity index (χ3n) is 4.53. The number of anilines is 1. The topological polar surface area (TPSA) is 20.3 Å². The Morgan fingerprint density at radius 2 is 1.76 bits per heavy atom. The zero-order chi connectivity index (χ0) is 14.8. The lowest BCUT2D eigenvalue weighted by Crippen LogP contribution is -2.40. The fourth-order valence-electron chi connectivity index (χ4n) is 3.27. The van der Waals surface area contributed by atoms with Crippen molar-refractivity contribution in [1.29, 1.82) is 0 Å². The molecule has 2 atom stereocenters. The minimum absolute atomic E-state index is 0.00773. The summed E-state index contributed by atoms with van der Waals surface area (Å²) in [6.45, 7) is 4.71. The van der Waals surface area contributed by atoms with Crippen molar-refractivity contribution in [2.24, 2.45) is 5.92 Å². The van der Waals surface area contributed by atoms with Crippen LogP contribution in [-0.2, 0) is 11.2 Å². The van der Waals surface area contributed by atoms with E-state index in [0.29, 0.717) is 0 Å². The summed E-state index contributed by atoms with van der Waals surface area (Å²) in [5.41, 5.74) is 3.88. The van der Waals surface area contributed by atoms with Gasteiger partial charge in [-0.15, -0.1) is 0 Å². The van der Waals surface area contributed by atoms with Gasteiger partial charge in [0.25, 0.3) is 0 Å². The van der Waals surface area contributed by atoms with Crippen LogP contribution in [0.25, 0.3) is 0 Å². The zero-order valence-corrected chi connectivity index (χ0v) is 12.6. The van der Waals surface area contributed by atoms with Gasteiger partial charge in [0.05, 0.1) is 6.04 Å². The van der Waals surface area contributed by atoms with Crippen molar-refractivity contribution in [3.8, 4) is 0 Å². The molecule has 2 aromatic carbocycles. The van der Waals surface area contributed by atoms with Gasteiger partial charge in [0.1, 0.15) is 5.78 Å². The van der Waals surface area contributed by atoms with E-state index in [-0.39, 0.29) is 17.7 Å². The fourth-order valence-corrected chi connectivity index (χ4v) is 3.27. The molecule has 21 heavy (non-hydrogen) atoms. The molecule has 108 valence electrons. The molecule has 2 heteroatoms. The Kier molecular flexibility index (Phi) is 3.78. The van der Waals surface area contributed by atoms with E-state index < -0.39 is 0 Å². The molecular weight excluding hydrogens is 258 g/mol. The highest BCUT2D eigenvalue weighted by Gasteiger charge is 2.33. The lowest BCUT2D eigenvalue weighted by molar-refractivity contribution is -0.120. The van der Waals surface area contributed by atoms with Crippen molar-refractivity contribution in [3.63, 3.8) is 0 Å². The van der Waals surface area contributed by atoms with Crippen LogP contribution in [0.4, 0.5) is 5.69 Å². The molecule has 1 aliphatic heterocycles. The molecule has 1 heterocycles. The molecule has 1 aliphatic rings. The largest absolute Gasteiger partial charge is 0.363 e. The molecule has 0 saturated carbocycles. The maximum atomic E-state index is 12.0. The van der Waals surface area contributed by atoms with Crippen LogP contribution >= 0.6 is 0 Å². The number of nitrogens with zero attached hydrogens (tertiary/aromatic N) is 1. The Bertz CT molecular complexity index is 635. The lowest BCUT2D eigenvalue weighted by Gasteiger charge is -2.41. The van der Waals surface area contributed by atoms with Gasteiger partial charge in [-0.25, -0.2) is 0 Å². The Labute approximate surface area is 126 Å². The quantitative estimate of drug-likeness (QED) is 0.846. The second-order valence-corrected chi connectivity index (χ2v) is 5.82. The van der Waals surface area contributed by atoms with Gasteiger partial charge in [0.2, 0.25) is 0 Å². The van der Waals surface area contributed by atoms with Crippen LogP contribution in [0.2, 0.25) is 0 Å². The number of benzene rings is 2. The average molecular weight is 279 g/mol. The van der Waals surface area contributed by atoms with E-state index in [1.807, 2.05) is 13.0 Å². The molecule has 0 spiro atoms. The first-order valence-electron chi connectivity index (χ1n) is 7.58. The molecule has 0 fully saturated rings. The summed E-state index contributed by atoms with van der Waals surface area (Å²) in [6.07, 6.45) is 1.03. The van der Waals surface area contributed by atoms with E-state index in [9.17, 15) is 4.79 Å². The van der Waals surface area contributed by atoms with Crippen molar-refractivity contribution < 1.29 is 4.79 Å². The molecule has 2 aromatic rings. The third-order valence-corrected chi connectivity index (χ3v) is 4.53. The molecular formula is C19H21NO. The number of hydrogen-bond acceptors (Lipinski definition) is 2. The average Bonchev–Trinajstić information content (AvgIpc) is 2.53. The van der Waals surface area contributed by atoms with Gasteiger partial charge in [-0.3, -0.25) is 4.79 Å². The van der Waals surface area contributed by atoms with Gasteiger partial charge in [0, 0.05) is 18.2 Å². The van der Waals surface area contributed by atoms with E-state index in [2.05, 4.69) is 53.4 Å². The normalized spacial score (nSPS) is 19.0. The zero-order valence-electron chi connectivity index (χ0n) is 12.6. The van der Waals surface area contributed by atoms with E-state index in [1.54, 1.807) is 6.92 Å². The van der Waals surface area contributed by atoms with Gasteiger partial charge in [-0.05, 0) is 36.6 Å². The highest BCUT2D eigenvalue weighted by Crippen LogP contribution is 2.38. The predicted octanol–water partition coefficient (Wildman–Crippen LogP) is 4.02. The molecule has 0 amide bonds. The van der Waals surface area contributed by atoms with E-state index >= 15 is 0 Å². The Morgan fingerprint density at radius 1 is 1.10 bits per heavy atom. The van der Waals surface area contributed by atoms with Crippen molar-refractivity contribution in [3.05, 3.63) is 65.7 Å². The summed E-state index contributed by atoms with van der Waals surface area (Å²) >= 11 is 0. The minimum Gasteiger partial charge on any atom is -0.363 e. The van der Waals surface area contributed by atoms with E-state index in [1.165, 1.54) is 16.8 Å². The number of fused-ring (bicyclic) bond motifs is 1. The summed E-state index contributed by atoms with van der Waals surface area (Å²) in [7, 11) is 0. The summed E-state index contributed by atoms with van der Waals surface area (Å²) in [4.78, 5) is 14.4. The Balaban J connectivity index is 2.07. The van der Waals surface area contributed by atoms with Crippen molar-refractivity contribution in [2.75, 3.05) is 11.4 Å². The number of hydrogen-bond donors (Lipinski definition) is 0. The number of ketones is 1. The molecule has 2 nitrogen and oxygen atoms in total. The number of carbonyl (C=O) groups is 1. The van der Waals surface area contributed by atoms with Crippen molar-refractivity contribution >= 4 is 11.5 Å². The second kappa shape index (κ2) is 5.72. The van der Waals surface area contributed by atoms with Gasteiger partial charge < -0.3 is 4.90 Å². The lowest BCUT2D eigenvalue weighted by atomic mass is 9.83. The maximum Gasteiger partial charge on any atom is 0.135 e. The van der Waals surface area contributed by atoms with Crippen molar-refractivity contribution in [2.45, 2.75) is 26.3 Å². The first-order valence-corrected chi connectivity index (χ1v) is 7.58. The van der Waals surface area contributed by atoms with Gasteiger partial charge in [-0.1, -0.05) is 49.4 Å². The maximum absolute atomic E-state index is 12.0. The van der Waals surface area contributed by atoms with E-state index in [0.717, 1.165) is 13.0 Å². The Morgan fingerprint density at radius 3 is 2.48 bits per heavy atom. The molecule has 2 unspecified atom stereocenters. The standard InChI is InChI=1S/C19H21NO/c1-14(15(2)21)19-18-11-7-6-8-16(18)12-13-20(19)17-9-4-3-5-10-17/h3-11,14,19H,12-13H2,1-2H3. The van der Waals surface area contributed by atoms with Crippen molar-refractivity contribution in [1.82, 2.24) is 0 Å². The highest BCUT2D eigenvalue weighted by molar-refractivity contribution is 5.80. The molecule has 3 rings (SSSR count). The van der Waals surface area contributed by atoms with Crippen LogP contribution in [0, 0.1) is 5.92 Å². The molecule has 0 radical (unpaired) electrons. The predicted molar refractivity (Wildman–Crippen MR) is 86.5 cm³/mol. The van der Waals surface area contributed by atoms with Crippen LogP contribution < -0.4 is 4.90 Å². The molecule has 0 bridgehead atoms. The number of carbonyl (C=O) groups excluding carboxylic acids is 1. The summed E-state index contributed by atoms with van der Waals surface area (Å²) in [6, 6.07) is 19.1.